The van der Waals surface area contributed by atoms with E-state index in [-0.39, 0.29) is 5.56 Å². The first kappa shape index (κ1) is 13.0. The predicted octanol–water partition coefficient (Wildman–Crippen LogP) is 2.99. The van der Waals surface area contributed by atoms with Gasteiger partial charge in [0.1, 0.15) is 10.3 Å². The summed E-state index contributed by atoms with van der Waals surface area (Å²) in [4.78, 5) is 19.0. The zero-order valence-corrected chi connectivity index (χ0v) is 12.0. The predicted molar refractivity (Wildman–Crippen MR) is 75.9 cm³/mol. The Labute approximate surface area is 114 Å². The number of aryl methyl sites for hydroxylation is 2. The van der Waals surface area contributed by atoms with Crippen LogP contribution in [0.15, 0.2) is 33.5 Å². The Bertz CT molecular complexity index is 619. The van der Waals surface area contributed by atoms with Gasteiger partial charge in [0.2, 0.25) is 0 Å². The maximum absolute atomic E-state index is 11.7. The number of nitrogens with one attached hydrogen (secondary N) is 1. The molecule has 1 heterocycles. The van der Waals surface area contributed by atoms with Crippen molar-refractivity contribution in [3.05, 3.63) is 61.7 Å². The van der Waals surface area contributed by atoms with Crippen LogP contribution in [-0.2, 0) is 12.8 Å². The summed E-state index contributed by atoms with van der Waals surface area (Å²) in [6.45, 7) is 4.04. The number of rotatable bonds is 3. The third-order valence-electron chi connectivity index (χ3n) is 2.77. The molecule has 1 N–H and O–H groups in total. The molecule has 94 valence electrons. The smallest absolute Gasteiger partial charge is 0.265 e. The Morgan fingerprint density at radius 2 is 2.17 bits per heavy atom. The number of benzene rings is 1. The second-order valence-electron chi connectivity index (χ2n) is 4.29. The summed E-state index contributed by atoms with van der Waals surface area (Å²) in [5.41, 5.74) is 3.07. The quantitative estimate of drug-likeness (QED) is 0.947. The highest BCUT2D eigenvalue weighted by Gasteiger charge is 2.07. The summed E-state index contributed by atoms with van der Waals surface area (Å²) in [6.07, 6.45) is 1.39. The molecule has 4 heteroatoms. The third-order valence-corrected chi connectivity index (χ3v) is 3.59. The molecule has 2 aromatic rings. The van der Waals surface area contributed by atoms with Gasteiger partial charge in [0.15, 0.2) is 0 Å². The van der Waals surface area contributed by atoms with Crippen LogP contribution in [0.4, 0.5) is 0 Å². The van der Waals surface area contributed by atoms with E-state index in [0.717, 1.165) is 17.7 Å². The van der Waals surface area contributed by atoms with Crippen LogP contribution in [-0.4, -0.2) is 9.97 Å². The van der Waals surface area contributed by atoms with Crippen molar-refractivity contribution in [3.63, 3.8) is 0 Å². The summed E-state index contributed by atoms with van der Waals surface area (Å²) in [7, 11) is 0. The van der Waals surface area contributed by atoms with Crippen LogP contribution in [0, 0.1) is 6.92 Å². The molecule has 0 saturated heterocycles. The maximum atomic E-state index is 11.7. The fourth-order valence-electron chi connectivity index (χ4n) is 1.89. The van der Waals surface area contributed by atoms with Crippen LogP contribution in [0.25, 0.3) is 0 Å². The molecule has 0 bridgehead atoms. The second kappa shape index (κ2) is 5.48. The van der Waals surface area contributed by atoms with E-state index >= 15 is 0 Å². The summed E-state index contributed by atoms with van der Waals surface area (Å²) in [6, 6.07) is 8.22. The Hall–Kier alpha value is -1.42. The first-order valence-electron chi connectivity index (χ1n) is 5.93. The van der Waals surface area contributed by atoms with Gasteiger partial charge in [-0.1, -0.05) is 36.8 Å². The fraction of sp³-hybridized carbons (Fsp3) is 0.286. The molecule has 0 aliphatic heterocycles. The number of aromatic nitrogens is 2. The number of hydrogen-bond acceptors (Lipinski definition) is 2. The Kier molecular flexibility index (Phi) is 3.97. The van der Waals surface area contributed by atoms with Crippen LogP contribution in [0.1, 0.15) is 29.6 Å². The highest BCUT2D eigenvalue weighted by molar-refractivity contribution is 9.10. The second-order valence-corrected chi connectivity index (χ2v) is 5.09. The van der Waals surface area contributed by atoms with Crippen LogP contribution in [0.3, 0.4) is 0 Å². The molecule has 1 aromatic heterocycles. The monoisotopic (exact) mass is 306 g/mol. The SMILES string of the molecule is CCc1nc(Cc2cccc(C)c2)[nH]c(=O)c1Br. The van der Waals surface area contributed by atoms with Gasteiger partial charge in [-0.15, -0.1) is 0 Å². The summed E-state index contributed by atoms with van der Waals surface area (Å²) < 4.78 is 0.540. The fourth-order valence-corrected chi connectivity index (χ4v) is 2.36. The minimum absolute atomic E-state index is 0.107. The van der Waals surface area contributed by atoms with Crippen LogP contribution in [0.2, 0.25) is 0 Å². The summed E-state index contributed by atoms with van der Waals surface area (Å²) in [5, 5.41) is 0. The van der Waals surface area contributed by atoms with E-state index in [1.165, 1.54) is 5.56 Å². The lowest BCUT2D eigenvalue weighted by atomic mass is 10.1. The van der Waals surface area contributed by atoms with E-state index in [2.05, 4.69) is 45.0 Å². The molecule has 0 aliphatic rings. The highest BCUT2D eigenvalue weighted by Crippen LogP contribution is 2.12. The number of hydrogen-bond donors (Lipinski definition) is 1. The Morgan fingerprint density at radius 1 is 1.39 bits per heavy atom. The number of nitrogens with zero attached hydrogens (tertiary/aromatic N) is 1. The molecule has 0 fully saturated rings. The van der Waals surface area contributed by atoms with Crippen molar-refractivity contribution in [1.29, 1.82) is 0 Å². The molecule has 1 aromatic carbocycles. The van der Waals surface area contributed by atoms with E-state index in [0.29, 0.717) is 16.7 Å². The largest absolute Gasteiger partial charge is 0.309 e. The van der Waals surface area contributed by atoms with E-state index in [1.54, 1.807) is 0 Å². The Balaban J connectivity index is 2.35. The van der Waals surface area contributed by atoms with Crippen molar-refractivity contribution < 1.29 is 0 Å². The molecule has 0 saturated carbocycles. The van der Waals surface area contributed by atoms with Gasteiger partial charge in [0, 0.05) is 6.42 Å². The molecular formula is C14H15BrN2O. The third kappa shape index (κ3) is 2.88. The van der Waals surface area contributed by atoms with Crippen molar-refractivity contribution in [2.75, 3.05) is 0 Å². The minimum atomic E-state index is -0.107. The van der Waals surface area contributed by atoms with Crippen molar-refractivity contribution in [2.45, 2.75) is 26.7 Å². The van der Waals surface area contributed by atoms with E-state index in [9.17, 15) is 4.79 Å². The average molecular weight is 307 g/mol. The molecule has 0 unspecified atom stereocenters. The lowest BCUT2D eigenvalue weighted by molar-refractivity contribution is 0.876. The van der Waals surface area contributed by atoms with Crippen molar-refractivity contribution >= 4 is 15.9 Å². The van der Waals surface area contributed by atoms with Gasteiger partial charge in [-0.2, -0.15) is 0 Å². The topological polar surface area (TPSA) is 45.8 Å². The van der Waals surface area contributed by atoms with E-state index < -0.39 is 0 Å². The van der Waals surface area contributed by atoms with Gasteiger partial charge < -0.3 is 4.98 Å². The van der Waals surface area contributed by atoms with E-state index in [4.69, 9.17) is 0 Å². The zero-order chi connectivity index (χ0) is 13.1. The number of halogens is 1. The molecule has 18 heavy (non-hydrogen) atoms. The minimum Gasteiger partial charge on any atom is -0.309 e. The van der Waals surface area contributed by atoms with Crippen molar-refractivity contribution in [1.82, 2.24) is 9.97 Å². The Morgan fingerprint density at radius 3 is 2.83 bits per heavy atom. The standard InChI is InChI=1S/C14H15BrN2O/c1-3-11-13(15)14(18)17-12(16-11)8-10-6-4-5-9(2)7-10/h4-7H,3,8H2,1-2H3,(H,16,17,18). The lowest BCUT2D eigenvalue weighted by Crippen LogP contribution is -2.15. The lowest BCUT2D eigenvalue weighted by Gasteiger charge is -2.05. The van der Waals surface area contributed by atoms with Crippen molar-refractivity contribution in [2.24, 2.45) is 0 Å². The molecule has 0 aliphatic carbocycles. The summed E-state index contributed by atoms with van der Waals surface area (Å²) >= 11 is 3.27. The first-order chi connectivity index (χ1) is 8.60. The van der Waals surface area contributed by atoms with Crippen LogP contribution < -0.4 is 5.56 Å². The number of aromatic amines is 1. The molecule has 0 amide bonds. The molecule has 3 nitrogen and oxygen atoms in total. The van der Waals surface area contributed by atoms with Crippen molar-refractivity contribution in [3.8, 4) is 0 Å². The van der Waals surface area contributed by atoms with Crippen LogP contribution in [0.5, 0.6) is 0 Å². The molecule has 0 atom stereocenters. The molecule has 0 spiro atoms. The average Bonchev–Trinajstić information content (AvgIpc) is 2.33. The van der Waals surface area contributed by atoms with Gasteiger partial charge in [0.05, 0.1) is 5.69 Å². The van der Waals surface area contributed by atoms with Crippen LogP contribution >= 0.6 is 15.9 Å². The summed E-state index contributed by atoms with van der Waals surface area (Å²) in [5.74, 6) is 0.714. The highest BCUT2D eigenvalue weighted by atomic mass is 79.9. The number of H-pyrrole nitrogens is 1. The molecular weight excluding hydrogens is 292 g/mol. The van der Waals surface area contributed by atoms with Gasteiger partial charge in [0.25, 0.3) is 5.56 Å². The first-order valence-corrected chi connectivity index (χ1v) is 6.72. The van der Waals surface area contributed by atoms with Gasteiger partial charge >= 0.3 is 0 Å². The van der Waals surface area contributed by atoms with Gasteiger partial charge in [-0.05, 0) is 34.8 Å². The molecule has 2 rings (SSSR count). The molecule has 0 radical (unpaired) electrons. The van der Waals surface area contributed by atoms with Gasteiger partial charge in [-0.3, -0.25) is 4.79 Å². The maximum Gasteiger partial charge on any atom is 0.265 e. The zero-order valence-electron chi connectivity index (χ0n) is 10.5. The van der Waals surface area contributed by atoms with Gasteiger partial charge in [-0.25, -0.2) is 4.98 Å². The van der Waals surface area contributed by atoms with E-state index in [1.807, 2.05) is 19.1 Å². The normalized spacial score (nSPS) is 10.6.